The third kappa shape index (κ3) is 3.43. The molecule has 1 aliphatic rings. The average molecular weight is 394 g/mol. The van der Waals surface area contributed by atoms with Crippen LogP contribution in [0.3, 0.4) is 0 Å². The minimum absolute atomic E-state index is 0.236. The van der Waals surface area contributed by atoms with Crippen molar-refractivity contribution in [2.75, 3.05) is 11.9 Å². The zero-order chi connectivity index (χ0) is 19.2. The van der Waals surface area contributed by atoms with E-state index in [1.54, 1.807) is 6.07 Å². The molecule has 0 amide bonds. The van der Waals surface area contributed by atoms with Crippen LogP contribution in [-0.2, 0) is 18.0 Å². The highest BCUT2D eigenvalue weighted by Crippen LogP contribution is 2.49. The Bertz CT molecular complexity index is 1050. The fraction of sp³-hybridized carbons (Fsp3) is 0.389. The maximum absolute atomic E-state index is 13.0. The van der Waals surface area contributed by atoms with E-state index >= 15 is 0 Å². The fourth-order valence-electron chi connectivity index (χ4n) is 3.10. The van der Waals surface area contributed by atoms with Crippen LogP contribution in [-0.4, -0.2) is 21.1 Å². The Hall–Kier alpha value is -2.42. The first kappa shape index (κ1) is 18.0. The van der Waals surface area contributed by atoms with Gasteiger partial charge in [0, 0.05) is 23.7 Å². The average Bonchev–Trinajstić information content (AvgIpc) is 3.32. The number of aromatic nitrogens is 3. The summed E-state index contributed by atoms with van der Waals surface area (Å²) in [6.07, 6.45) is -2.07. The van der Waals surface area contributed by atoms with E-state index in [0.29, 0.717) is 34.3 Å². The van der Waals surface area contributed by atoms with E-state index < -0.39 is 11.7 Å². The molecule has 1 aromatic carbocycles. The van der Waals surface area contributed by atoms with Crippen molar-refractivity contribution in [1.82, 2.24) is 14.6 Å². The number of nitrogens with one attached hydrogen (secondary N) is 1. The Morgan fingerprint density at radius 3 is 2.74 bits per heavy atom. The van der Waals surface area contributed by atoms with Crippen molar-refractivity contribution in [3.63, 3.8) is 0 Å². The van der Waals surface area contributed by atoms with Crippen LogP contribution >= 0.6 is 11.3 Å². The first-order valence-electron chi connectivity index (χ1n) is 8.62. The van der Waals surface area contributed by atoms with Gasteiger partial charge in [-0.3, -0.25) is 4.79 Å². The number of fused-ring (bicyclic) bond motifs is 1. The normalized spacial score (nSPS) is 15.9. The van der Waals surface area contributed by atoms with E-state index in [4.69, 9.17) is 0 Å². The van der Waals surface area contributed by atoms with Crippen LogP contribution in [0, 0.1) is 0 Å². The summed E-state index contributed by atoms with van der Waals surface area (Å²) in [6, 6.07) is 6.96. The highest BCUT2D eigenvalue weighted by Gasteiger charge is 2.45. The highest BCUT2D eigenvalue weighted by molar-refractivity contribution is 7.20. The van der Waals surface area contributed by atoms with E-state index in [1.807, 2.05) is 6.92 Å². The predicted molar refractivity (Wildman–Crippen MR) is 97.4 cm³/mol. The van der Waals surface area contributed by atoms with Crippen molar-refractivity contribution < 1.29 is 13.2 Å². The summed E-state index contributed by atoms with van der Waals surface area (Å²) in [5.74, 6) is 0. The largest absolute Gasteiger partial charge is 0.416 e. The summed E-state index contributed by atoms with van der Waals surface area (Å²) in [7, 11) is 0. The summed E-state index contributed by atoms with van der Waals surface area (Å²) in [4.78, 5) is 17.0. The molecule has 142 valence electrons. The van der Waals surface area contributed by atoms with E-state index in [-0.39, 0.29) is 11.0 Å². The Balaban J connectivity index is 1.56. The van der Waals surface area contributed by atoms with Crippen LogP contribution in [0.5, 0.6) is 0 Å². The number of hydrogen-bond donors (Lipinski definition) is 1. The van der Waals surface area contributed by atoms with Crippen LogP contribution in [0.25, 0.3) is 4.96 Å². The summed E-state index contributed by atoms with van der Waals surface area (Å²) >= 11 is 1.26. The Labute approximate surface area is 156 Å². The lowest BCUT2D eigenvalue weighted by Crippen LogP contribution is -2.21. The molecule has 0 unspecified atom stereocenters. The van der Waals surface area contributed by atoms with Gasteiger partial charge in [0.05, 0.1) is 5.56 Å². The summed E-state index contributed by atoms with van der Waals surface area (Å²) < 4.78 is 40.2. The van der Waals surface area contributed by atoms with Crippen molar-refractivity contribution in [3.8, 4) is 0 Å². The predicted octanol–water partition coefficient (Wildman–Crippen LogP) is 3.88. The van der Waals surface area contributed by atoms with Crippen molar-refractivity contribution >= 4 is 21.4 Å². The smallest absolute Gasteiger partial charge is 0.359 e. The van der Waals surface area contributed by atoms with Gasteiger partial charge >= 0.3 is 6.18 Å². The first-order valence-corrected chi connectivity index (χ1v) is 9.44. The SMILES string of the molecule is CCc1cc(=O)n2nc(NCC3(c4cccc(C(F)(F)F)c4)CC3)sc2n1. The van der Waals surface area contributed by atoms with Gasteiger partial charge in [0.15, 0.2) is 0 Å². The number of anilines is 1. The van der Waals surface area contributed by atoms with Gasteiger partial charge in [-0.1, -0.05) is 36.5 Å². The van der Waals surface area contributed by atoms with Gasteiger partial charge in [-0.2, -0.15) is 17.7 Å². The monoisotopic (exact) mass is 394 g/mol. The molecule has 1 N–H and O–H groups in total. The molecule has 1 aliphatic carbocycles. The molecule has 2 aromatic heterocycles. The molecule has 0 atom stereocenters. The molecule has 0 spiro atoms. The van der Waals surface area contributed by atoms with Gasteiger partial charge in [0.25, 0.3) is 5.56 Å². The number of nitrogens with zero attached hydrogens (tertiary/aromatic N) is 3. The second-order valence-corrected chi connectivity index (χ2v) is 7.71. The number of rotatable bonds is 5. The van der Waals surface area contributed by atoms with E-state index in [9.17, 15) is 18.0 Å². The van der Waals surface area contributed by atoms with E-state index in [2.05, 4.69) is 15.4 Å². The van der Waals surface area contributed by atoms with Crippen molar-refractivity contribution in [2.24, 2.45) is 0 Å². The topological polar surface area (TPSA) is 59.3 Å². The molecule has 2 heterocycles. The number of halogens is 3. The van der Waals surface area contributed by atoms with Crippen molar-refractivity contribution in [2.45, 2.75) is 37.8 Å². The quantitative estimate of drug-likeness (QED) is 0.714. The van der Waals surface area contributed by atoms with Crippen LogP contribution < -0.4 is 10.9 Å². The first-order chi connectivity index (χ1) is 12.8. The second kappa shape index (κ2) is 6.33. The highest BCUT2D eigenvalue weighted by atomic mass is 32.1. The van der Waals surface area contributed by atoms with Crippen LogP contribution in [0.2, 0.25) is 0 Å². The van der Waals surface area contributed by atoms with Crippen molar-refractivity contribution in [3.05, 3.63) is 57.5 Å². The molecular weight excluding hydrogens is 377 g/mol. The van der Waals surface area contributed by atoms with Gasteiger partial charge < -0.3 is 5.32 Å². The Morgan fingerprint density at radius 2 is 2.07 bits per heavy atom. The Morgan fingerprint density at radius 1 is 1.30 bits per heavy atom. The molecule has 4 rings (SSSR count). The number of hydrogen-bond acceptors (Lipinski definition) is 5. The number of benzene rings is 1. The molecule has 0 radical (unpaired) electrons. The minimum atomic E-state index is -4.35. The molecule has 1 saturated carbocycles. The zero-order valence-corrected chi connectivity index (χ0v) is 15.3. The molecule has 27 heavy (non-hydrogen) atoms. The molecule has 0 bridgehead atoms. The van der Waals surface area contributed by atoms with Gasteiger partial charge in [-0.05, 0) is 30.9 Å². The maximum atomic E-state index is 13.0. The van der Waals surface area contributed by atoms with Crippen molar-refractivity contribution in [1.29, 1.82) is 0 Å². The number of aryl methyl sites for hydroxylation is 1. The maximum Gasteiger partial charge on any atom is 0.416 e. The zero-order valence-electron chi connectivity index (χ0n) is 14.5. The van der Waals surface area contributed by atoms with Crippen LogP contribution in [0.1, 0.15) is 36.6 Å². The minimum Gasteiger partial charge on any atom is -0.359 e. The Kier molecular flexibility index (Phi) is 4.21. The molecule has 0 saturated heterocycles. The molecule has 1 fully saturated rings. The lowest BCUT2D eigenvalue weighted by Gasteiger charge is -2.17. The van der Waals surface area contributed by atoms with Gasteiger partial charge in [-0.15, -0.1) is 5.10 Å². The molecule has 9 heteroatoms. The third-order valence-corrected chi connectivity index (χ3v) is 5.76. The van der Waals surface area contributed by atoms with Gasteiger partial charge in [0.2, 0.25) is 10.1 Å². The molecule has 0 aliphatic heterocycles. The standard InChI is InChI=1S/C18H17F3N4OS/c1-2-13-9-14(26)25-16(23-13)27-15(24-25)22-10-17(6-7-17)11-4-3-5-12(8-11)18(19,20)21/h3-5,8-9H,2,6-7,10H2,1H3,(H,22,24). The van der Waals surface area contributed by atoms with Gasteiger partial charge in [-0.25, -0.2) is 4.98 Å². The molecule has 5 nitrogen and oxygen atoms in total. The van der Waals surface area contributed by atoms with Crippen LogP contribution in [0.4, 0.5) is 18.3 Å². The lowest BCUT2D eigenvalue weighted by atomic mass is 9.94. The molecule has 3 aromatic rings. The number of alkyl halides is 3. The molecular formula is C18H17F3N4OS. The van der Waals surface area contributed by atoms with Gasteiger partial charge in [0.1, 0.15) is 0 Å². The van der Waals surface area contributed by atoms with Crippen LogP contribution in [0.15, 0.2) is 35.1 Å². The summed E-state index contributed by atoms with van der Waals surface area (Å²) in [6.45, 7) is 2.38. The summed E-state index contributed by atoms with van der Waals surface area (Å²) in [5.41, 5.74) is 0.188. The lowest BCUT2D eigenvalue weighted by molar-refractivity contribution is -0.137. The van der Waals surface area contributed by atoms with E-state index in [0.717, 1.165) is 18.9 Å². The third-order valence-electron chi connectivity index (χ3n) is 4.89. The fourth-order valence-corrected chi connectivity index (χ4v) is 3.92. The van der Waals surface area contributed by atoms with E-state index in [1.165, 1.54) is 34.1 Å². The second-order valence-electron chi connectivity index (χ2n) is 6.75. The summed E-state index contributed by atoms with van der Waals surface area (Å²) in [5, 5.41) is 7.96.